The number of amides is 3. The highest BCUT2D eigenvalue weighted by Gasteiger charge is 2.24. The number of para-hydroxylation sites is 2. The minimum absolute atomic E-state index is 0.189. The van der Waals surface area contributed by atoms with Gasteiger partial charge in [0, 0.05) is 42.7 Å². The smallest absolute Gasteiger partial charge is 0.313 e. The maximum atomic E-state index is 13.0. The minimum atomic E-state index is -0.843. The summed E-state index contributed by atoms with van der Waals surface area (Å²) >= 11 is 0. The number of morpholine rings is 1. The molecule has 3 amide bonds. The van der Waals surface area contributed by atoms with Crippen molar-refractivity contribution in [1.29, 1.82) is 0 Å². The van der Waals surface area contributed by atoms with Crippen LogP contribution in [0.15, 0.2) is 79.0 Å². The SMILES string of the molecule is COc1ccc([C@H](CNC(=O)C(=O)Nc2ccccc2C(=O)N2CCOCC2)c2c[nH]c3ccccc23)cc1. The molecular formula is C30H30N4O5. The first-order valence-corrected chi connectivity index (χ1v) is 12.8. The molecule has 0 saturated carbocycles. The third-order valence-electron chi connectivity index (χ3n) is 6.89. The van der Waals surface area contributed by atoms with Crippen molar-refractivity contribution in [2.75, 3.05) is 45.3 Å². The van der Waals surface area contributed by atoms with Crippen molar-refractivity contribution in [3.8, 4) is 5.75 Å². The number of aromatic amines is 1. The number of nitrogens with zero attached hydrogens (tertiary/aromatic N) is 1. The highest BCUT2D eigenvalue weighted by atomic mass is 16.5. The Balaban J connectivity index is 1.32. The Bertz CT molecular complexity index is 1470. The molecule has 3 N–H and O–H groups in total. The van der Waals surface area contributed by atoms with Crippen molar-refractivity contribution in [1.82, 2.24) is 15.2 Å². The van der Waals surface area contributed by atoms with Crippen LogP contribution >= 0.6 is 0 Å². The molecule has 1 fully saturated rings. The topological polar surface area (TPSA) is 113 Å². The fourth-order valence-corrected chi connectivity index (χ4v) is 4.80. The molecule has 1 aromatic heterocycles. The number of carbonyl (C=O) groups is 3. The van der Waals surface area contributed by atoms with Crippen molar-refractivity contribution >= 4 is 34.3 Å². The molecular weight excluding hydrogens is 496 g/mol. The van der Waals surface area contributed by atoms with E-state index in [0.717, 1.165) is 27.8 Å². The van der Waals surface area contributed by atoms with Gasteiger partial charge in [-0.05, 0) is 41.5 Å². The van der Waals surface area contributed by atoms with Crippen LogP contribution in [0, 0.1) is 0 Å². The van der Waals surface area contributed by atoms with Gasteiger partial charge in [-0.25, -0.2) is 0 Å². The van der Waals surface area contributed by atoms with Crippen molar-refractivity contribution in [2.24, 2.45) is 0 Å². The molecule has 2 heterocycles. The van der Waals surface area contributed by atoms with Crippen LogP contribution in [0.3, 0.4) is 0 Å². The van der Waals surface area contributed by atoms with Gasteiger partial charge >= 0.3 is 11.8 Å². The largest absolute Gasteiger partial charge is 0.497 e. The van der Waals surface area contributed by atoms with Gasteiger partial charge in [0.15, 0.2) is 0 Å². The number of benzene rings is 3. The van der Waals surface area contributed by atoms with Gasteiger partial charge in [-0.15, -0.1) is 0 Å². The van der Waals surface area contributed by atoms with Crippen molar-refractivity contribution in [3.63, 3.8) is 0 Å². The van der Waals surface area contributed by atoms with Crippen LogP contribution in [0.5, 0.6) is 5.75 Å². The number of hydrogen-bond donors (Lipinski definition) is 3. The van der Waals surface area contributed by atoms with E-state index in [4.69, 9.17) is 9.47 Å². The molecule has 1 atom stereocenters. The lowest BCUT2D eigenvalue weighted by molar-refractivity contribution is -0.136. The second kappa shape index (κ2) is 11.8. The molecule has 0 aliphatic carbocycles. The van der Waals surface area contributed by atoms with E-state index in [1.54, 1.807) is 36.3 Å². The van der Waals surface area contributed by atoms with Gasteiger partial charge in [0.25, 0.3) is 5.91 Å². The third-order valence-corrected chi connectivity index (χ3v) is 6.89. The monoisotopic (exact) mass is 526 g/mol. The lowest BCUT2D eigenvalue weighted by Crippen LogP contribution is -2.41. The van der Waals surface area contributed by atoms with Crippen LogP contribution in [-0.4, -0.2) is 67.6 Å². The summed E-state index contributed by atoms with van der Waals surface area (Å²) in [6.07, 6.45) is 1.93. The zero-order valence-electron chi connectivity index (χ0n) is 21.6. The van der Waals surface area contributed by atoms with Gasteiger partial charge < -0.3 is 30.0 Å². The number of anilines is 1. The van der Waals surface area contributed by atoms with E-state index in [9.17, 15) is 14.4 Å². The first kappa shape index (κ1) is 26.0. The molecule has 3 aromatic carbocycles. The van der Waals surface area contributed by atoms with Crippen molar-refractivity contribution in [3.05, 3.63) is 95.7 Å². The first-order valence-electron chi connectivity index (χ1n) is 12.8. The van der Waals surface area contributed by atoms with Gasteiger partial charge in [-0.2, -0.15) is 0 Å². The molecule has 39 heavy (non-hydrogen) atoms. The van der Waals surface area contributed by atoms with E-state index < -0.39 is 11.8 Å². The molecule has 0 unspecified atom stereocenters. The number of H-pyrrole nitrogens is 1. The highest BCUT2D eigenvalue weighted by molar-refractivity contribution is 6.40. The van der Waals surface area contributed by atoms with Gasteiger partial charge in [-0.3, -0.25) is 14.4 Å². The van der Waals surface area contributed by atoms with E-state index >= 15 is 0 Å². The second-order valence-electron chi connectivity index (χ2n) is 9.23. The number of carbonyl (C=O) groups excluding carboxylic acids is 3. The molecule has 9 heteroatoms. The third kappa shape index (κ3) is 5.78. The minimum Gasteiger partial charge on any atom is -0.497 e. The standard InChI is InChI=1S/C30H30N4O5/c1-38-21-12-10-20(11-13-21)24(25-19-31-26-8-4-2-6-22(25)26)18-32-28(35)29(36)33-27-9-5-3-7-23(27)30(37)34-14-16-39-17-15-34/h2-13,19,24,31H,14-18H2,1H3,(H,32,35)(H,33,36)/t24-/m0/s1. The van der Waals surface area contributed by atoms with E-state index in [0.29, 0.717) is 31.9 Å². The molecule has 1 saturated heterocycles. The van der Waals surface area contributed by atoms with Crippen molar-refractivity contribution < 1.29 is 23.9 Å². The number of methoxy groups -OCH3 is 1. The molecule has 0 radical (unpaired) electrons. The van der Waals surface area contributed by atoms with Gasteiger partial charge in [0.05, 0.1) is 31.6 Å². The number of fused-ring (bicyclic) bond motifs is 1. The molecule has 5 rings (SSSR count). The average molecular weight is 527 g/mol. The predicted octanol–water partition coefficient (Wildman–Crippen LogP) is 3.54. The van der Waals surface area contributed by atoms with Crippen LogP contribution < -0.4 is 15.4 Å². The predicted molar refractivity (Wildman–Crippen MR) is 148 cm³/mol. The Morgan fingerprint density at radius 2 is 1.67 bits per heavy atom. The second-order valence-corrected chi connectivity index (χ2v) is 9.23. The summed E-state index contributed by atoms with van der Waals surface area (Å²) in [6, 6.07) is 22.3. The Labute approximate surface area is 226 Å². The molecule has 1 aliphatic heterocycles. The van der Waals surface area contributed by atoms with Crippen LogP contribution in [0.1, 0.15) is 27.4 Å². The number of nitrogens with one attached hydrogen (secondary N) is 3. The zero-order chi connectivity index (χ0) is 27.2. The maximum Gasteiger partial charge on any atom is 0.313 e. The zero-order valence-corrected chi connectivity index (χ0v) is 21.6. The van der Waals surface area contributed by atoms with E-state index in [2.05, 4.69) is 15.6 Å². The summed E-state index contributed by atoms with van der Waals surface area (Å²) in [5.74, 6) is -1.34. The highest BCUT2D eigenvalue weighted by Crippen LogP contribution is 2.31. The van der Waals surface area contributed by atoms with Crippen molar-refractivity contribution in [2.45, 2.75) is 5.92 Å². The summed E-state index contributed by atoms with van der Waals surface area (Å²) in [7, 11) is 1.61. The quantitative estimate of drug-likeness (QED) is 0.319. The molecule has 0 spiro atoms. The number of ether oxygens (including phenoxy) is 2. The average Bonchev–Trinajstić information content (AvgIpc) is 3.42. The molecule has 9 nitrogen and oxygen atoms in total. The Kier molecular flexibility index (Phi) is 7.88. The Hall–Kier alpha value is -4.63. The van der Waals surface area contributed by atoms with E-state index in [1.807, 2.05) is 54.7 Å². The number of aromatic nitrogens is 1. The van der Waals surface area contributed by atoms with Gasteiger partial charge in [0.1, 0.15) is 5.75 Å². The lowest BCUT2D eigenvalue weighted by Gasteiger charge is -2.27. The first-order chi connectivity index (χ1) is 19.0. The maximum absolute atomic E-state index is 13.0. The van der Waals surface area contributed by atoms with E-state index in [-0.39, 0.29) is 24.1 Å². The van der Waals surface area contributed by atoms with Crippen LogP contribution in [-0.2, 0) is 14.3 Å². The van der Waals surface area contributed by atoms with Crippen LogP contribution in [0.4, 0.5) is 5.69 Å². The molecule has 1 aliphatic rings. The van der Waals surface area contributed by atoms with E-state index in [1.165, 1.54) is 0 Å². The molecule has 0 bridgehead atoms. The van der Waals surface area contributed by atoms with Gasteiger partial charge in [-0.1, -0.05) is 42.5 Å². The summed E-state index contributed by atoms with van der Waals surface area (Å²) in [6.45, 7) is 2.07. The lowest BCUT2D eigenvalue weighted by atomic mass is 9.90. The van der Waals surface area contributed by atoms with Gasteiger partial charge in [0.2, 0.25) is 0 Å². The fraction of sp³-hybridized carbons (Fsp3) is 0.233. The Morgan fingerprint density at radius 1 is 0.949 bits per heavy atom. The van der Waals surface area contributed by atoms with Crippen LogP contribution in [0.25, 0.3) is 10.9 Å². The summed E-state index contributed by atoms with van der Waals surface area (Å²) in [5, 5.41) is 6.44. The fourth-order valence-electron chi connectivity index (χ4n) is 4.80. The van der Waals surface area contributed by atoms with Crippen LogP contribution in [0.2, 0.25) is 0 Å². The Morgan fingerprint density at radius 3 is 2.44 bits per heavy atom. The summed E-state index contributed by atoms with van der Waals surface area (Å²) < 4.78 is 10.6. The summed E-state index contributed by atoms with van der Waals surface area (Å²) in [4.78, 5) is 43.8. The molecule has 200 valence electrons. The normalized spacial score (nSPS) is 14.0. The number of rotatable bonds is 7. The summed E-state index contributed by atoms with van der Waals surface area (Å²) in [5.41, 5.74) is 3.56. The number of hydrogen-bond acceptors (Lipinski definition) is 5. The molecule has 4 aromatic rings.